The van der Waals surface area contributed by atoms with E-state index in [1.807, 2.05) is 0 Å². The fourth-order valence-electron chi connectivity index (χ4n) is 0.575. The van der Waals surface area contributed by atoms with Gasteiger partial charge in [-0.1, -0.05) is 0 Å². The lowest BCUT2D eigenvalue weighted by molar-refractivity contribution is -0.112. The fraction of sp³-hybridized carbons (Fsp3) is 0.500. The molecule has 0 aromatic heterocycles. The summed E-state index contributed by atoms with van der Waals surface area (Å²) >= 11 is 3.55. The van der Waals surface area contributed by atoms with Crippen molar-refractivity contribution in [2.45, 2.75) is 6.92 Å². The zero-order valence-corrected chi connectivity index (χ0v) is 6.85. The van der Waals surface area contributed by atoms with Crippen LogP contribution in [0.5, 0.6) is 0 Å². The highest BCUT2D eigenvalue weighted by Gasteiger charge is 2.07. The van der Waals surface area contributed by atoms with Gasteiger partial charge in [0.1, 0.15) is 0 Å². The van der Waals surface area contributed by atoms with Gasteiger partial charge >= 0.3 is 0 Å². The van der Waals surface area contributed by atoms with Crippen LogP contribution < -0.4 is 0 Å². The van der Waals surface area contributed by atoms with Crippen molar-refractivity contribution in [2.24, 2.45) is 0 Å². The van der Waals surface area contributed by atoms with Crippen molar-refractivity contribution in [1.29, 1.82) is 0 Å². The number of allylic oxidation sites excluding steroid dienone is 1. The van der Waals surface area contributed by atoms with Crippen molar-refractivity contribution in [1.82, 2.24) is 0 Å². The molecular formula is C6H8OS2. The van der Waals surface area contributed by atoms with Crippen molar-refractivity contribution in [2.75, 3.05) is 11.5 Å². The van der Waals surface area contributed by atoms with Gasteiger partial charge in [-0.2, -0.15) is 0 Å². The van der Waals surface area contributed by atoms with E-state index < -0.39 is 0 Å². The quantitative estimate of drug-likeness (QED) is 0.545. The Balaban J connectivity index is 2.49. The lowest BCUT2D eigenvalue weighted by Gasteiger charge is -1.87. The Morgan fingerprint density at radius 3 is 2.56 bits per heavy atom. The molecule has 0 spiro atoms. The van der Waals surface area contributed by atoms with E-state index in [0.717, 1.165) is 11.5 Å². The molecule has 1 heterocycles. The lowest BCUT2D eigenvalue weighted by Crippen LogP contribution is -1.79. The number of carbonyl (C=O) groups is 1. The molecule has 0 unspecified atom stereocenters. The van der Waals surface area contributed by atoms with Crippen LogP contribution in [0.25, 0.3) is 0 Å². The topological polar surface area (TPSA) is 17.1 Å². The van der Waals surface area contributed by atoms with Crippen molar-refractivity contribution < 1.29 is 4.79 Å². The van der Waals surface area contributed by atoms with Crippen LogP contribution in [0, 0.1) is 0 Å². The summed E-state index contributed by atoms with van der Waals surface area (Å²) in [7, 11) is 0. The highest BCUT2D eigenvalue weighted by Crippen LogP contribution is 2.35. The third-order valence-corrected chi connectivity index (χ3v) is 3.48. The summed E-state index contributed by atoms with van der Waals surface area (Å²) in [4.78, 5) is 10.5. The normalized spacial score (nSPS) is 18.1. The first-order valence-electron chi connectivity index (χ1n) is 2.77. The first-order chi connectivity index (χ1) is 4.29. The van der Waals surface area contributed by atoms with E-state index in [4.69, 9.17) is 0 Å². The fourth-order valence-corrected chi connectivity index (χ4v) is 2.98. The van der Waals surface area contributed by atoms with Crippen LogP contribution in [0.3, 0.4) is 0 Å². The monoisotopic (exact) mass is 160 g/mol. The van der Waals surface area contributed by atoms with Gasteiger partial charge in [-0.25, -0.2) is 0 Å². The largest absolute Gasteiger partial charge is 0.295 e. The molecule has 0 atom stereocenters. The van der Waals surface area contributed by atoms with Crippen LogP contribution in [0.4, 0.5) is 0 Å². The molecule has 50 valence electrons. The first kappa shape index (κ1) is 7.22. The minimum atomic E-state index is 0.159. The molecule has 0 aromatic rings. The zero-order chi connectivity index (χ0) is 6.69. The van der Waals surface area contributed by atoms with Gasteiger partial charge in [0.15, 0.2) is 5.78 Å². The third-order valence-electron chi connectivity index (χ3n) is 0.893. The minimum Gasteiger partial charge on any atom is -0.295 e. The molecule has 1 aliphatic rings. The molecule has 1 rings (SSSR count). The van der Waals surface area contributed by atoms with Gasteiger partial charge in [0.05, 0.1) is 0 Å². The predicted molar refractivity (Wildman–Crippen MR) is 43.7 cm³/mol. The molecule has 0 radical (unpaired) electrons. The lowest BCUT2D eigenvalue weighted by atomic mass is 10.5. The van der Waals surface area contributed by atoms with E-state index in [0.29, 0.717) is 0 Å². The van der Waals surface area contributed by atoms with Crippen molar-refractivity contribution in [3.63, 3.8) is 0 Å². The van der Waals surface area contributed by atoms with Gasteiger partial charge in [-0.15, -0.1) is 23.5 Å². The maximum Gasteiger partial charge on any atom is 0.154 e. The van der Waals surface area contributed by atoms with Gasteiger partial charge in [0.25, 0.3) is 0 Å². The van der Waals surface area contributed by atoms with Crippen molar-refractivity contribution in [3.8, 4) is 0 Å². The Morgan fingerprint density at radius 1 is 1.56 bits per heavy atom. The molecule has 1 nitrogen and oxygen atoms in total. The molecule has 0 N–H and O–H groups in total. The molecule has 1 aliphatic heterocycles. The molecule has 0 saturated carbocycles. The second-order valence-electron chi connectivity index (χ2n) is 1.77. The Labute approximate surface area is 63.3 Å². The number of ketones is 1. The van der Waals surface area contributed by atoms with Crippen LogP contribution in [0.2, 0.25) is 0 Å². The van der Waals surface area contributed by atoms with E-state index in [-0.39, 0.29) is 5.78 Å². The van der Waals surface area contributed by atoms with E-state index in [1.54, 1.807) is 36.5 Å². The number of rotatable bonds is 1. The number of hydrogen-bond acceptors (Lipinski definition) is 3. The summed E-state index contributed by atoms with van der Waals surface area (Å²) in [5.41, 5.74) is 0. The molecule has 9 heavy (non-hydrogen) atoms. The van der Waals surface area contributed by atoms with Gasteiger partial charge in [-0.05, 0) is 6.92 Å². The van der Waals surface area contributed by atoms with Crippen molar-refractivity contribution in [3.05, 3.63) is 10.3 Å². The molecular weight excluding hydrogens is 152 g/mol. The maximum atomic E-state index is 10.5. The number of hydrogen-bond donors (Lipinski definition) is 0. The summed E-state index contributed by atoms with van der Waals surface area (Å²) in [6.45, 7) is 1.59. The van der Waals surface area contributed by atoms with Gasteiger partial charge < -0.3 is 0 Å². The molecule has 1 saturated heterocycles. The Kier molecular flexibility index (Phi) is 2.66. The predicted octanol–water partition coefficient (Wildman–Crippen LogP) is 1.90. The zero-order valence-electron chi connectivity index (χ0n) is 5.22. The first-order valence-corrected chi connectivity index (χ1v) is 4.74. The minimum absolute atomic E-state index is 0.159. The second-order valence-corrected chi connectivity index (χ2v) is 4.30. The molecule has 0 bridgehead atoms. The average molecular weight is 160 g/mol. The highest BCUT2D eigenvalue weighted by molar-refractivity contribution is 8.25. The summed E-state index contributed by atoms with van der Waals surface area (Å²) in [6, 6.07) is 0. The van der Waals surface area contributed by atoms with Crippen LogP contribution in [-0.4, -0.2) is 17.3 Å². The van der Waals surface area contributed by atoms with E-state index in [9.17, 15) is 4.79 Å². The molecule has 1 fully saturated rings. The van der Waals surface area contributed by atoms with E-state index >= 15 is 0 Å². The van der Waals surface area contributed by atoms with Crippen LogP contribution >= 0.6 is 23.5 Å². The second kappa shape index (κ2) is 3.32. The smallest absolute Gasteiger partial charge is 0.154 e. The molecule has 0 amide bonds. The third kappa shape index (κ3) is 2.45. The SMILES string of the molecule is CC(=O)C=C1SCCS1. The summed E-state index contributed by atoms with van der Waals surface area (Å²) in [6.07, 6.45) is 1.71. The summed E-state index contributed by atoms with van der Waals surface area (Å²) < 4.78 is 1.18. The maximum absolute atomic E-state index is 10.5. The van der Waals surface area contributed by atoms with Crippen LogP contribution in [0.1, 0.15) is 6.92 Å². The average Bonchev–Trinajstić information content (AvgIpc) is 2.15. The summed E-state index contributed by atoms with van der Waals surface area (Å²) in [5.74, 6) is 2.47. The molecule has 0 aliphatic carbocycles. The highest BCUT2D eigenvalue weighted by atomic mass is 32.2. The van der Waals surface area contributed by atoms with Gasteiger partial charge in [0.2, 0.25) is 0 Å². The van der Waals surface area contributed by atoms with E-state index in [2.05, 4.69) is 0 Å². The Bertz CT molecular complexity index is 143. The van der Waals surface area contributed by atoms with E-state index in [1.165, 1.54) is 4.24 Å². The van der Waals surface area contributed by atoms with Gasteiger partial charge in [0, 0.05) is 21.8 Å². The number of carbonyl (C=O) groups excluding carboxylic acids is 1. The van der Waals surface area contributed by atoms with Crippen LogP contribution in [0.15, 0.2) is 10.3 Å². The summed E-state index contributed by atoms with van der Waals surface area (Å²) in [5, 5.41) is 0. The Morgan fingerprint density at radius 2 is 2.11 bits per heavy atom. The number of thioether (sulfide) groups is 2. The Hall–Kier alpha value is 0.110. The van der Waals surface area contributed by atoms with Crippen LogP contribution in [-0.2, 0) is 4.79 Å². The standard InChI is InChI=1S/C6H8OS2/c1-5(7)4-6-8-2-3-9-6/h4H,2-3H2,1H3. The van der Waals surface area contributed by atoms with Gasteiger partial charge in [-0.3, -0.25) is 4.79 Å². The molecule has 0 aromatic carbocycles. The molecule has 3 heteroatoms. The van der Waals surface area contributed by atoms with Crippen molar-refractivity contribution >= 4 is 29.3 Å².